The molecule has 0 saturated carbocycles. The van der Waals surface area contributed by atoms with Gasteiger partial charge in [0.25, 0.3) is 0 Å². The fourth-order valence-electron chi connectivity index (χ4n) is 3.13. The van der Waals surface area contributed by atoms with E-state index in [1.165, 1.54) is 0 Å². The number of nitrogens with zero attached hydrogens (tertiary/aromatic N) is 1. The zero-order valence-electron chi connectivity index (χ0n) is 13.7. The third-order valence-electron chi connectivity index (χ3n) is 4.55. The topological polar surface area (TPSA) is 49.7 Å². The lowest BCUT2D eigenvalue weighted by Gasteiger charge is -2.38. The molecule has 2 aromatic rings. The van der Waals surface area contributed by atoms with Gasteiger partial charge < -0.3 is 14.9 Å². The maximum Gasteiger partial charge on any atom is 0.161 e. The Morgan fingerprint density at radius 1 is 1.09 bits per heavy atom. The molecular formula is C19H22NO3+. The summed E-state index contributed by atoms with van der Waals surface area (Å²) in [6, 6.07) is 11.2. The Bertz CT molecular complexity index is 748. The molecule has 3 rings (SSSR count). The van der Waals surface area contributed by atoms with Crippen molar-refractivity contribution in [1.29, 1.82) is 0 Å². The average molecular weight is 312 g/mol. The molecule has 1 aliphatic rings. The van der Waals surface area contributed by atoms with Gasteiger partial charge in [0.05, 0.1) is 27.4 Å². The van der Waals surface area contributed by atoms with Gasteiger partial charge >= 0.3 is 0 Å². The zero-order valence-corrected chi connectivity index (χ0v) is 13.7. The lowest BCUT2D eigenvalue weighted by molar-refractivity contribution is -0.871. The number of hydrogen-bond acceptors (Lipinski definition) is 3. The van der Waals surface area contributed by atoms with E-state index in [-0.39, 0.29) is 17.5 Å². The number of quaternary nitrogens is 1. The summed E-state index contributed by atoms with van der Waals surface area (Å²) >= 11 is 0. The van der Waals surface area contributed by atoms with Gasteiger partial charge in [0.15, 0.2) is 11.5 Å². The third-order valence-corrected chi connectivity index (χ3v) is 4.55. The van der Waals surface area contributed by atoms with E-state index >= 15 is 0 Å². The van der Waals surface area contributed by atoms with Crippen molar-refractivity contribution in [3.8, 4) is 17.2 Å². The second-order valence-electron chi connectivity index (χ2n) is 6.48. The predicted octanol–water partition coefficient (Wildman–Crippen LogP) is 3.45. The van der Waals surface area contributed by atoms with E-state index in [2.05, 4.69) is 26.4 Å². The number of methoxy groups -OCH3 is 1. The van der Waals surface area contributed by atoms with Crippen LogP contribution in [0.15, 0.2) is 42.6 Å². The summed E-state index contributed by atoms with van der Waals surface area (Å²) in [4.78, 5) is 0. The van der Waals surface area contributed by atoms with Crippen LogP contribution in [0.2, 0.25) is 0 Å². The smallest absolute Gasteiger partial charge is 0.161 e. The van der Waals surface area contributed by atoms with Crippen LogP contribution < -0.4 is 4.74 Å². The predicted molar refractivity (Wildman–Crippen MR) is 90.4 cm³/mol. The number of phenolic OH excluding ortho intramolecular Hbond substituents is 2. The van der Waals surface area contributed by atoms with Gasteiger partial charge in [-0.3, -0.25) is 4.48 Å². The van der Waals surface area contributed by atoms with Gasteiger partial charge in [-0.1, -0.05) is 12.1 Å². The summed E-state index contributed by atoms with van der Waals surface area (Å²) in [5, 5.41) is 19.6. The lowest BCUT2D eigenvalue weighted by Crippen LogP contribution is -2.40. The fraction of sp³-hybridized carbons (Fsp3) is 0.263. The van der Waals surface area contributed by atoms with Crippen molar-refractivity contribution in [3.63, 3.8) is 0 Å². The molecule has 0 bridgehead atoms. The highest BCUT2D eigenvalue weighted by Gasteiger charge is 2.34. The van der Waals surface area contributed by atoms with Gasteiger partial charge in [0, 0.05) is 12.0 Å². The van der Waals surface area contributed by atoms with Crippen molar-refractivity contribution in [2.24, 2.45) is 0 Å². The molecule has 0 spiro atoms. The SMILES string of the molecule is COc1cc2c(cc1O)[C@@H](Cc1ccc(O)cc1)[N+](C)(C)C=C2. The van der Waals surface area contributed by atoms with E-state index in [4.69, 9.17) is 4.74 Å². The van der Waals surface area contributed by atoms with E-state index in [0.717, 1.165) is 23.1 Å². The van der Waals surface area contributed by atoms with Gasteiger partial charge in [-0.05, 0) is 41.5 Å². The van der Waals surface area contributed by atoms with Gasteiger partial charge in [-0.2, -0.15) is 0 Å². The number of benzene rings is 2. The summed E-state index contributed by atoms with van der Waals surface area (Å²) < 4.78 is 5.91. The molecule has 0 radical (unpaired) electrons. The Labute approximate surface area is 136 Å². The number of fused-ring (bicyclic) bond motifs is 1. The lowest BCUT2D eigenvalue weighted by atomic mass is 9.89. The highest BCUT2D eigenvalue weighted by atomic mass is 16.5. The standard InChI is InChI=1S/C19H21NO3/c1-20(2)9-8-14-11-19(23-3)18(22)12-16(14)17(20)10-13-4-6-15(21)7-5-13/h4-9,11-12,17H,10H2,1-3H3,(H-,21,22)/p+1/t17-/m1/s1. The molecule has 2 N–H and O–H groups in total. The third kappa shape index (κ3) is 2.90. The van der Waals surface area contributed by atoms with E-state index in [1.54, 1.807) is 19.2 Å². The normalized spacial score (nSPS) is 18.5. The van der Waals surface area contributed by atoms with Crippen LogP contribution in [0.4, 0.5) is 0 Å². The molecular weight excluding hydrogens is 290 g/mol. The van der Waals surface area contributed by atoms with Crippen LogP contribution in [-0.4, -0.2) is 35.9 Å². The quantitative estimate of drug-likeness (QED) is 0.854. The summed E-state index contributed by atoms with van der Waals surface area (Å²) in [7, 11) is 5.85. The van der Waals surface area contributed by atoms with Crippen molar-refractivity contribution >= 4 is 6.08 Å². The summed E-state index contributed by atoms with van der Waals surface area (Å²) in [6.45, 7) is 0. The molecule has 0 fully saturated rings. The van der Waals surface area contributed by atoms with E-state index < -0.39 is 0 Å². The number of ether oxygens (including phenoxy) is 1. The van der Waals surface area contributed by atoms with Gasteiger partial charge in [0.1, 0.15) is 11.8 Å². The van der Waals surface area contributed by atoms with Crippen LogP contribution in [0.1, 0.15) is 22.7 Å². The Morgan fingerprint density at radius 2 is 1.78 bits per heavy atom. The van der Waals surface area contributed by atoms with E-state index in [1.807, 2.05) is 24.3 Å². The zero-order chi connectivity index (χ0) is 16.6. The Kier molecular flexibility index (Phi) is 3.78. The molecule has 4 heteroatoms. The minimum atomic E-state index is 0.164. The van der Waals surface area contributed by atoms with Crippen LogP contribution in [0.25, 0.3) is 6.08 Å². The number of aromatic hydroxyl groups is 2. The first-order chi connectivity index (χ1) is 10.9. The van der Waals surface area contributed by atoms with Crippen molar-refractivity contribution in [2.75, 3.05) is 21.2 Å². The van der Waals surface area contributed by atoms with Crippen molar-refractivity contribution < 1.29 is 19.4 Å². The van der Waals surface area contributed by atoms with Crippen molar-refractivity contribution in [2.45, 2.75) is 12.5 Å². The molecule has 0 aromatic heterocycles. The minimum absolute atomic E-state index is 0.164. The first kappa shape index (κ1) is 15.4. The average Bonchev–Trinajstić information content (AvgIpc) is 2.52. The molecule has 2 aromatic carbocycles. The molecule has 23 heavy (non-hydrogen) atoms. The van der Waals surface area contributed by atoms with Crippen LogP contribution in [-0.2, 0) is 6.42 Å². The van der Waals surface area contributed by atoms with Gasteiger partial charge in [0.2, 0.25) is 0 Å². The largest absolute Gasteiger partial charge is 0.508 e. The van der Waals surface area contributed by atoms with Crippen LogP contribution >= 0.6 is 0 Å². The number of rotatable bonds is 3. The number of hydrogen-bond donors (Lipinski definition) is 2. The maximum atomic E-state index is 10.2. The Balaban J connectivity index is 2.03. The number of likely N-dealkylation sites (N-methyl/N-ethyl adjacent to an activating group) is 1. The Morgan fingerprint density at radius 3 is 2.43 bits per heavy atom. The molecule has 0 aliphatic carbocycles. The second-order valence-corrected chi connectivity index (χ2v) is 6.48. The minimum Gasteiger partial charge on any atom is -0.508 e. The van der Waals surface area contributed by atoms with E-state index in [0.29, 0.717) is 10.2 Å². The monoisotopic (exact) mass is 312 g/mol. The molecule has 0 unspecified atom stereocenters. The second kappa shape index (κ2) is 5.63. The molecule has 0 amide bonds. The molecule has 0 saturated heterocycles. The van der Waals surface area contributed by atoms with Crippen molar-refractivity contribution in [3.05, 3.63) is 59.3 Å². The van der Waals surface area contributed by atoms with E-state index in [9.17, 15) is 10.2 Å². The Hall–Kier alpha value is -2.46. The van der Waals surface area contributed by atoms with Crippen LogP contribution in [0.5, 0.6) is 17.2 Å². The van der Waals surface area contributed by atoms with Crippen LogP contribution in [0.3, 0.4) is 0 Å². The summed E-state index contributed by atoms with van der Waals surface area (Å²) in [6.07, 6.45) is 5.05. The molecule has 1 atom stereocenters. The van der Waals surface area contributed by atoms with Crippen LogP contribution in [0, 0.1) is 0 Å². The molecule has 4 nitrogen and oxygen atoms in total. The fourth-order valence-corrected chi connectivity index (χ4v) is 3.13. The highest BCUT2D eigenvalue weighted by Crippen LogP contribution is 2.41. The van der Waals surface area contributed by atoms with Crippen molar-refractivity contribution in [1.82, 2.24) is 0 Å². The summed E-state index contributed by atoms with van der Waals surface area (Å²) in [5.74, 6) is 0.926. The highest BCUT2D eigenvalue weighted by molar-refractivity contribution is 5.61. The molecule has 1 aliphatic heterocycles. The first-order valence-corrected chi connectivity index (χ1v) is 7.62. The van der Waals surface area contributed by atoms with Gasteiger partial charge in [-0.15, -0.1) is 0 Å². The first-order valence-electron chi connectivity index (χ1n) is 7.62. The maximum absolute atomic E-state index is 10.2. The molecule has 1 heterocycles. The molecule has 120 valence electrons. The summed E-state index contributed by atoms with van der Waals surface area (Å²) in [5.41, 5.74) is 3.32. The number of phenols is 2. The van der Waals surface area contributed by atoms with Gasteiger partial charge in [-0.25, -0.2) is 0 Å².